The van der Waals surface area contributed by atoms with E-state index in [-0.39, 0.29) is 10.0 Å². The van der Waals surface area contributed by atoms with E-state index < -0.39 is 24.2 Å². The molecular weight excluding hydrogens is 309 g/mol. The van der Waals surface area contributed by atoms with Gasteiger partial charge in [0.2, 0.25) is 0 Å². The van der Waals surface area contributed by atoms with E-state index in [0.717, 1.165) is 18.2 Å². The van der Waals surface area contributed by atoms with Crippen LogP contribution in [-0.2, 0) is 0 Å². The Morgan fingerprint density at radius 2 is 1.22 bits per heavy atom. The van der Waals surface area contributed by atoms with E-state index in [9.17, 15) is 26.3 Å². The maximum Gasteiger partial charge on any atom is 0.434 e. The number of benzene rings is 1. The minimum absolute atomic E-state index is 0.138. The van der Waals surface area contributed by atoms with Gasteiger partial charge in [-0.05, 0) is 18.2 Å². The fourth-order valence-corrected chi connectivity index (χ4v) is 1.56. The minimum atomic E-state index is -5.59. The van der Waals surface area contributed by atoms with Crippen LogP contribution in [0.2, 0.25) is 10.0 Å². The molecule has 0 unspecified atom stereocenters. The third-order valence-electron chi connectivity index (χ3n) is 1.68. The van der Waals surface area contributed by atoms with Gasteiger partial charge in [0.05, 0.1) is 0 Å². The van der Waals surface area contributed by atoms with E-state index in [1.807, 2.05) is 0 Å². The Kier molecular flexibility index (Phi) is 4.27. The normalized spacial score (nSPS) is 12.9. The summed E-state index contributed by atoms with van der Waals surface area (Å²) in [6.45, 7) is 0. The van der Waals surface area contributed by atoms with Crippen LogP contribution < -0.4 is 4.74 Å². The van der Waals surface area contributed by atoms with Gasteiger partial charge in [0.15, 0.2) is 0 Å². The smallest absolute Gasteiger partial charge is 0.434 e. The van der Waals surface area contributed by atoms with Crippen molar-refractivity contribution >= 4 is 23.2 Å². The number of hydrogen-bond acceptors (Lipinski definition) is 1. The molecule has 1 nitrogen and oxygen atoms in total. The predicted molar refractivity (Wildman–Crippen MR) is 53.0 cm³/mol. The van der Waals surface area contributed by atoms with Gasteiger partial charge in [-0.25, -0.2) is 0 Å². The van der Waals surface area contributed by atoms with E-state index in [1.165, 1.54) is 0 Å². The summed E-state index contributed by atoms with van der Waals surface area (Å²) in [4.78, 5) is 0. The Morgan fingerprint density at radius 3 is 1.56 bits per heavy atom. The summed E-state index contributed by atoms with van der Waals surface area (Å²) in [5.41, 5.74) is 0. The van der Waals surface area contributed by atoms with Gasteiger partial charge in [0.1, 0.15) is 5.75 Å². The number of ether oxygens (including phenoxy) is 1. The largest absolute Gasteiger partial charge is 0.471 e. The third kappa shape index (κ3) is 4.13. The van der Waals surface area contributed by atoms with Crippen molar-refractivity contribution in [2.75, 3.05) is 0 Å². The molecule has 0 saturated heterocycles. The van der Waals surface area contributed by atoms with Crippen LogP contribution in [-0.4, -0.2) is 18.5 Å². The molecule has 0 atom stereocenters. The number of alkyl halides is 6. The van der Waals surface area contributed by atoms with Crippen molar-refractivity contribution in [3.63, 3.8) is 0 Å². The number of halogens is 8. The molecule has 1 aromatic carbocycles. The summed E-state index contributed by atoms with van der Waals surface area (Å²) in [7, 11) is 0. The summed E-state index contributed by atoms with van der Waals surface area (Å²) in [5.74, 6) is -0.716. The molecule has 0 aliphatic heterocycles. The van der Waals surface area contributed by atoms with E-state index in [1.54, 1.807) is 0 Å². The first-order chi connectivity index (χ1) is 8.00. The molecule has 0 bridgehead atoms. The highest BCUT2D eigenvalue weighted by atomic mass is 35.5. The van der Waals surface area contributed by atoms with Crippen LogP contribution >= 0.6 is 23.2 Å². The summed E-state index contributed by atoms with van der Waals surface area (Å²) in [5, 5.41) is -0.277. The zero-order chi connectivity index (χ0) is 14.1. The Labute approximate surface area is 107 Å². The fraction of sp³-hybridized carbons (Fsp3) is 0.333. The molecule has 0 heterocycles. The van der Waals surface area contributed by atoms with Crippen molar-refractivity contribution in [3.05, 3.63) is 28.2 Å². The number of hydrogen-bond donors (Lipinski definition) is 0. The van der Waals surface area contributed by atoms with Crippen molar-refractivity contribution in [3.8, 4) is 5.75 Å². The van der Waals surface area contributed by atoms with Crippen LogP contribution in [0.15, 0.2) is 18.2 Å². The third-order valence-corrected chi connectivity index (χ3v) is 2.12. The van der Waals surface area contributed by atoms with E-state index >= 15 is 0 Å². The highest BCUT2D eigenvalue weighted by Crippen LogP contribution is 2.37. The Morgan fingerprint density at radius 1 is 0.833 bits per heavy atom. The van der Waals surface area contributed by atoms with Crippen LogP contribution in [0, 0.1) is 0 Å². The quantitative estimate of drug-likeness (QED) is 0.708. The van der Waals surface area contributed by atoms with Gasteiger partial charge in [-0.1, -0.05) is 23.2 Å². The lowest BCUT2D eigenvalue weighted by molar-refractivity contribution is -0.299. The molecule has 0 radical (unpaired) electrons. The van der Waals surface area contributed by atoms with Crippen molar-refractivity contribution in [1.29, 1.82) is 0 Å². The minimum Gasteiger partial charge on any atom is -0.471 e. The summed E-state index contributed by atoms with van der Waals surface area (Å²) < 4.78 is 77.0. The molecule has 0 aliphatic rings. The van der Waals surface area contributed by atoms with Gasteiger partial charge in [-0.3, -0.25) is 0 Å². The van der Waals surface area contributed by atoms with Crippen LogP contribution in [0.4, 0.5) is 26.3 Å². The van der Waals surface area contributed by atoms with Crippen LogP contribution in [0.1, 0.15) is 0 Å². The summed E-state index contributed by atoms with van der Waals surface area (Å²) in [6, 6.07) is 2.75. The van der Waals surface area contributed by atoms with Gasteiger partial charge in [-0.15, -0.1) is 0 Å². The van der Waals surface area contributed by atoms with Gasteiger partial charge < -0.3 is 4.74 Å². The highest BCUT2D eigenvalue weighted by Gasteiger charge is 2.59. The summed E-state index contributed by atoms with van der Waals surface area (Å²) >= 11 is 10.9. The van der Waals surface area contributed by atoms with Gasteiger partial charge in [0, 0.05) is 10.0 Å². The molecule has 0 aliphatic carbocycles. The fourth-order valence-electron chi connectivity index (χ4n) is 1.05. The Bertz CT molecular complexity index is 394. The predicted octanol–water partition coefficient (Wildman–Crippen LogP) is 4.87. The first kappa shape index (κ1) is 15.2. The monoisotopic (exact) mass is 312 g/mol. The van der Waals surface area contributed by atoms with Crippen molar-refractivity contribution < 1.29 is 31.1 Å². The molecule has 0 amide bonds. The second-order valence-corrected chi connectivity index (χ2v) is 4.06. The van der Waals surface area contributed by atoms with E-state index in [0.29, 0.717) is 0 Å². The van der Waals surface area contributed by atoms with Crippen molar-refractivity contribution in [1.82, 2.24) is 0 Å². The highest BCUT2D eigenvalue weighted by molar-refractivity contribution is 6.34. The molecule has 0 aromatic heterocycles. The zero-order valence-corrected chi connectivity index (χ0v) is 9.75. The zero-order valence-electron chi connectivity index (χ0n) is 8.24. The standard InChI is InChI=1S/C9H4Cl2F6O/c10-4-1-5(11)3-6(2-4)18-7(8(12,13)14)9(15,16)17/h1-3,7H. The Balaban J connectivity index is 3.04. The molecule has 1 rings (SSSR count). The maximum atomic E-state index is 12.2. The van der Waals surface area contributed by atoms with Crippen LogP contribution in [0.3, 0.4) is 0 Å². The second-order valence-electron chi connectivity index (χ2n) is 3.19. The lowest BCUT2D eigenvalue weighted by Gasteiger charge is -2.23. The van der Waals surface area contributed by atoms with E-state index in [4.69, 9.17) is 23.2 Å². The first-order valence-corrected chi connectivity index (χ1v) is 5.02. The SMILES string of the molecule is FC(F)(F)C(Oc1cc(Cl)cc(Cl)c1)C(F)(F)F. The first-order valence-electron chi connectivity index (χ1n) is 4.26. The van der Waals surface area contributed by atoms with Gasteiger partial charge >= 0.3 is 12.4 Å². The van der Waals surface area contributed by atoms with Gasteiger partial charge in [-0.2, -0.15) is 26.3 Å². The van der Waals surface area contributed by atoms with Crippen LogP contribution in [0.5, 0.6) is 5.75 Å². The molecule has 9 heteroatoms. The molecule has 0 fully saturated rings. The molecule has 18 heavy (non-hydrogen) atoms. The number of rotatable bonds is 2. The molecular formula is C9H4Cl2F6O. The lowest BCUT2D eigenvalue weighted by Crippen LogP contribution is -2.46. The van der Waals surface area contributed by atoms with E-state index in [2.05, 4.69) is 4.74 Å². The second kappa shape index (κ2) is 5.05. The Hall–Kier alpha value is -0.820. The molecule has 0 spiro atoms. The molecule has 0 saturated carbocycles. The lowest BCUT2D eigenvalue weighted by atomic mass is 10.3. The van der Waals surface area contributed by atoms with Crippen LogP contribution in [0.25, 0.3) is 0 Å². The molecule has 0 N–H and O–H groups in total. The molecule has 102 valence electrons. The topological polar surface area (TPSA) is 9.23 Å². The van der Waals surface area contributed by atoms with Crippen molar-refractivity contribution in [2.24, 2.45) is 0 Å². The average Bonchev–Trinajstić information content (AvgIpc) is 2.08. The molecule has 1 aromatic rings. The van der Waals surface area contributed by atoms with Crippen molar-refractivity contribution in [2.45, 2.75) is 18.5 Å². The summed E-state index contributed by atoms with van der Waals surface area (Å²) in [6.07, 6.45) is -15.1. The van der Waals surface area contributed by atoms with Gasteiger partial charge in [0.25, 0.3) is 6.10 Å². The average molecular weight is 313 g/mol. The maximum absolute atomic E-state index is 12.2.